The van der Waals surface area contributed by atoms with Gasteiger partial charge in [0.15, 0.2) is 5.54 Å². The lowest BCUT2D eigenvalue weighted by atomic mass is 10.0. The molecule has 0 fully saturated rings. The number of nitrogens with two attached hydrogens (primary N) is 1. The van der Waals surface area contributed by atoms with Gasteiger partial charge in [-0.2, -0.15) is 13.2 Å². The molecule has 0 aliphatic rings. The summed E-state index contributed by atoms with van der Waals surface area (Å²) in [6.45, 7) is 0.882. The predicted molar refractivity (Wildman–Crippen MR) is 48.2 cm³/mol. The molecule has 1 unspecified atom stereocenters. The van der Waals surface area contributed by atoms with Gasteiger partial charge in [-0.1, -0.05) is 0 Å². The van der Waals surface area contributed by atoms with Gasteiger partial charge in [0, 0.05) is 20.7 Å². The zero-order chi connectivity index (χ0) is 12.3. The number of carbonyl (C=O) groups is 1. The molecule has 0 rings (SSSR count). The van der Waals surface area contributed by atoms with Crippen LogP contribution in [0.1, 0.15) is 6.92 Å². The third-order valence-electron chi connectivity index (χ3n) is 2.01. The summed E-state index contributed by atoms with van der Waals surface area (Å²) in [6.07, 6.45) is -4.76. The van der Waals surface area contributed by atoms with E-state index in [0.717, 1.165) is 4.90 Å². The standard InChI is InChI=1S/C8H15F3N2O2/c1-7(12,8(9,10)11)6(14)13(2)4-5-15-3/h4-5,12H2,1-3H3. The van der Waals surface area contributed by atoms with Crippen LogP contribution < -0.4 is 5.73 Å². The van der Waals surface area contributed by atoms with Gasteiger partial charge < -0.3 is 15.4 Å². The molecule has 0 spiro atoms. The van der Waals surface area contributed by atoms with Gasteiger partial charge in [-0.25, -0.2) is 0 Å². The summed E-state index contributed by atoms with van der Waals surface area (Å²) in [5.74, 6) is -1.17. The zero-order valence-electron chi connectivity index (χ0n) is 8.89. The van der Waals surface area contributed by atoms with Gasteiger partial charge in [-0.15, -0.1) is 0 Å². The van der Waals surface area contributed by atoms with E-state index in [1.807, 2.05) is 0 Å². The molecular weight excluding hydrogens is 213 g/mol. The molecular formula is C8H15F3N2O2. The molecule has 0 saturated carbocycles. The molecule has 0 radical (unpaired) electrons. The van der Waals surface area contributed by atoms with Gasteiger partial charge in [-0.3, -0.25) is 4.79 Å². The Labute approximate surface area is 86.2 Å². The van der Waals surface area contributed by atoms with Crippen LogP contribution in [0.4, 0.5) is 13.2 Å². The molecule has 0 saturated heterocycles. The molecule has 0 aliphatic carbocycles. The summed E-state index contributed by atoms with van der Waals surface area (Å²) < 4.78 is 41.7. The summed E-state index contributed by atoms with van der Waals surface area (Å²) in [4.78, 5) is 12.2. The van der Waals surface area contributed by atoms with E-state index in [-0.39, 0.29) is 13.2 Å². The number of carbonyl (C=O) groups excluding carboxylic acids is 1. The van der Waals surface area contributed by atoms with Crippen LogP contribution in [0.3, 0.4) is 0 Å². The van der Waals surface area contributed by atoms with E-state index >= 15 is 0 Å². The Bertz CT molecular complexity index is 228. The van der Waals surface area contributed by atoms with E-state index in [2.05, 4.69) is 4.74 Å². The Kier molecular flexibility index (Phi) is 4.54. The highest BCUT2D eigenvalue weighted by Gasteiger charge is 2.54. The average molecular weight is 228 g/mol. The first-order chi connectivity index (χ1) is 6.64. The summed E-state index contributed by atoms with van der Waals surface area (Å²) in [5.41, 5.74) is 2.10. The lowest BCUT2D eigenvalue weighted by Crippen LogP contribution is -2.61. The topological polar surface area (TPSA) is 55.6 Å². The number of hydrogen-bond donors (Lipinski definition) is 1. The minimum atomic E-state index is -4.76. The summed E-state index contributed by atoms with van der Waals surface area (Å²) in [5, 5.41) is 0. The van der Waals surface area contributed by atoms with Crippen molar-refractivity contribution in [3.63, 3.8) is 0 Å². The molecule has 1 atom stereocenters. The Balaban J connectivity index is 4.56. The van der Waals surface area contributed by atoms with Gasteiger partial charge in [0.1, 0.15) is 0 Å². The number of likely N-dealkylation sites (N-methyl/N-ethyl adjacent to an activating group) is 1. The van der Waals surface area contributed by atoms with Gasteiger partial charge >= 0.3 is 6.18 Å². The number of hydrogen-bond acceptors (Lipinski definition) is 3. The number of methoxy groups -OCH3 is 1. The van der Waals surface area contributed by atoms with Crippen LogP contribution in [-0.4, -0.2) is 49.8 Å². The maximum atomic E-state index is 12.4. The van der Waals surface area contributed by atoms with Crippen molar-refractivity contribution in [1.29, 1.82) is 0 Å². The number of ether oxygens (including phenoxy) is 1. The molecule has 90 valence electrons. The molecule has 0 aromatic carbocycles. The highest BCUT2D eigenvalue weighted by atomic mass is 19.4. The lowest BCUT2D eigenvalue weighted by molar-refractivity contribution is -0.193. The van der Waals surface area contributed by atoms with Crippen LogP contribution >= 0.6 is 0 Å². The zero-order valence-corrected chi connectivity index (χ0v) is 8.89. The van der Waals surface area contributed by atoms with Crippen molar-refractivity contribution in [2.75, 3.05) is 27.3 Å². The third kappa shape index (κ3) is 3.35. The van der Waals surface area contributed by atoms with Crippen molar-refractivity contribution >= 4 is 5.91 Å². The van der Waals surface area contributed by atoms with Crippen LogP contribution in [-0.2, 0) is 9.53 Å². The highest BCUT2D eigenvalue weighted by Crippen LogP contribution is 2.29. The smallest absolute Gasteiger partial charge is 0.383 e. The number of halogens is 3. The largest absolute Gasteiger partial charge is 0.415 e. The average Bonchev–Trinajstić information content (AvgIpc) is 2.10. The molecule has 4 nitrogen and oxygen atoms in total. The Morgan fingerprint density at radius 2 is 1.93 bits per heavy atom. The van der Waals surface area contributed by atoms with Crippen molar-refractivity contribution in [3.8, 4) is 0 Å². The molecule has 0 aromatic rings. The van der Waals surface area contributed by atoms with E-state index in [9.17, 15) is 18.0 Å². The number of rotatable bonds is 4. The minimum absolute atomic E-state index is 0.0677. The fourth-order valence-corrected chi connectivity index (χ4v) is 0.847. The SMILES string of the molecule is COCCN(C)C(=O)C(C)(N)C(F)(F)F. The van der Waals surface area contributed by atoms with E-state index in [4.69, 9.17) is 5.73 Å². The van der Waals surface area contributed by atoms with Crippen LogP contribution in [0.15, 0.2) is 0 Å². The molecule has 7 heteroatoms. The van der Waals surface area contributed by atoms with Crippen LogP contribution in [0.2, 0.25) is 0 Å². The van der Waals surface area contributed by atoms with Crippen LogP contribution in [0.25, 0.3) is 0 Å². The maximum absolute atomic E-state index is 12.4. The predicted octanol–water partition coefficient (Wildman–Crippen LogP) is 0.371. The summed E-state index contributed by atoms with van der Waals surface area (Å²) in [6, 6.07) is 0. The van der Waals surface area contributed by atoms with E-state index in [1.54, 1.807) is 0 Å². The highest BCUT2D eigenvalue weighted by molar-refractivity contribution is 5.86. The van der Waals surface area contributed by atoms with Crippen LogP contribution in [0.5, 0.6) is 0 Å². The first-order valence-corrected chi connectivity index (χ1v) is 4.24. The third-order valence-corrected chi connectivity index (χ3v) is 2.01. The molecule has 1 amide bonds. The normalized spacial score (nSPS) is 15.9. The van der Waals surface area contributed by atoms with Gasteiger partial charge in [-0.05, 0) is 6.92 Å². The molecule has 0 heterocycles. The Morgan fingerprint density at radius 3 is 2.27 bits per heavy atom. The summed E-state index contributed by atoms with van der Waals surface area (Å²) >= 11 is 0. The van der Waals surface area contributed by atoms with Crippen molar-refractivity contribution < 1.29 is 22.7 Å². The minimum Gasteiger partial charge on any atom is -0.383 e. The van der Waals surface area contributed by atoms with Gasteiger partial charge in [0.2, 0.25) is 0 Å². The van der Waals surface area contributed by atoms with Crippen molar-refractivity contribution in [3.05, 3.63) is 0 Å². The second kappa shape index (κ2) is 4.80. The molecule has 2 N–H and O–H groups in total. The van der Waals surface area contributed by atoms with E-state index < -0.39 is 17.6 Å². The monoisotopic (exact) mass is 228 g/mol. The number of alkyl halides is 3. The van der Waals surface area contributed by atoms with E-state index in [0.29, 0.717) is 6.92 Å². The van der Waals surface area contributed by atoms with Crippen LogP contribution in [0, 0.1) is 0 Å². The first kappa shape index (κ1) is 14.2. The number of nitrogens with zero attached hydrogens (tertiary/aromatic N) is 1. The quantitative estimate of drug-likeness (QED) is 0.756. The van der Waals surface area contributed by atoms with Crippen molar-refractivity contribution in [2.24, 2.45) is 5.73 Å². The first-order valence-electron chi connectivity index (χ1n) is 4.24. The molecule has 0 aliphatic heterocycles. The molecule has 0 bridgehead atoms. The van der Waals surface area contributed by atoms with E-state index in [1.165, 1.54) is 14.2 Å². The van der Waals surface area contributed by atoms with Crippen molar-refractivity contribution in [2.45, 2.75) is 18.6 Å². The second-order valence-corrected chi connectivity index (χ2v) is 3.42. The second-order valence-electron chi connectivity index (χ2n) is 3.42. The lowest BCUT2D eigenvalue weighted by Gasteiger charge is -2.30. The molecule has 15 heavy (non-hydrogen) atoms. The Morgan fingerprint density at radius 1 is 1.47 bits per heavy atom. The fraction of sp³-hybridized carbons (Fsp3) is 0.875. The molecule has 0 aromatic heterocycles. The summed E-state index contributed by atoms with van der Waals surface area (Å²) in [7, 11) is 2.64. The fourth-order valence-electron chi connectivity index (χ4n) is 0.847. The van der Waals surface area contributed by atoms with Crippen molar-refractivity contribution in [1.82, 2.24) is 4.90 Å². The maximum Gasteiger partial charge on any atom is 0.415 e. The van der Waals surface area contributed by atoms with Gasteiger partial charge in [0.05, 0.1) is 6.61 Å². The Hall–Kier alpha value is -0.820. The van der Waals surface area contributed by atoms with Gasteiger partial charge in [0.25, 0.3) is 5.91 Å². The number of amides is 1.